The molecule has 0 bridgehead atoms. The number of hydrogen-bond acceptors (Lipinski definition) is 3. The lowest BCUT2D eigenvalue weighted by molar-refractivity contribution is 0.222. The lowest BCUT2D eigenvalue weighted by Gasteiger charge is -2.23. The highest BCUT2D eigenvalue weighted by Crippen LogP contribution is 2.16. The Labute approximate surface area is 162 Å². The predicted octanol–water partition coefficient (Wildman–Crippen LogP) is 2.20. The van der Waals surface area contributed by atoms with E-state index < -0.39 is 0 Å². The van der Waals surface area contributed by atoms with E-state index in [1.165, 1.54) is 19.4 Å². The smallest absolute Gasteiger partial charge is 0.321 e. The second kappa shape index (κ2) is 9.60. The van der Waals surface area contributed by atoms with Crippen molar-refractivity contribution in [1.82, 2.24) is 15.1 Å². The van der Waals surface area contributed by atoms with Crippen LogP contribution in [0.2, 0.25) is 0 Å². The Balaban J connectivity index is 1.48. The summed E-state index contributed by atoms with van der Waals surface area (Å²) in [5.74, 6) is 0.476. The number of benzene rings is 1. The summed E-state index contributed by atoms with van der Waals surface area (Å²) in [6.07, 6.45) is 4.65. The topological polar surface area (TPSA) is 86.0 Å². The molecule has 7 heteroatoms. The normalized spacial score (nSPS) is 20.9. The monoisotopic (exact) mass is 372 g/mol. The maximum atomic E-state index is 12.2. The molecule has 1 aromatic carbocycles. The highest BCUT2D eigenvalue weighted by molar-refractivity contribution is 5.89. The third-order valence-corrected chi connectivity index (χ3v) is 5.43. The van der Waals surface area contributed by atoms with E-state index in [1.54, 1.807) is 0 Å². The van der Waals surface area contributed by atoms with Crippen molar-refractivity contribution < 1.29 is 4.79 Å². The molecule has 1 aromatic rings. The average Bonchev–Trinajstić information content (AvgIpc) is 3.36. The van der Waals surface area contributed by atoms with E-state index in [9.17, 15) is 4.79 Å². The number of carbonyl (C=O) groups is 1. The third-order valence-electron chi connectivity index (χ3n) is 5.43. The van der Waals surface area contributed by atoms with Crippen LogP contribution in [0.15, 0.2) is 29.3 Å². The number of likely N-dealkylation sites (tertiary alicyclic amines) is 2. The quantitative estimate of drug-likeness (QED) is 0.528. The van der Waals surface area contributed by atoms with Crippen LogP contribution in [0.5, 0.6) is 0 Å². The Morgan fingerprint density at radius 1 is 1.26 bits per heavy atom. The van der Waals surface area contributed by atoms with Crippen LogP contribution in [0.4, 0.5) is 10.5 Å². The molecule has 2 fully saturated rings. The number of likely N-dealkylation sites (N-methyl/N-ethyl adjacent to an activating group) is 1. The fourth-order valence-electron chi connectivity index (χ4n) is 3.87. The molecule has 0 saturated carbocycles. The van der Waals surface area contributed by atoms with Gasteiger partial charge < -0.3 is 21.3 Å². The first-order valence-corrected chi connectivity index (χ1v) is 10.1. The Bertz CT molecular complexity index is 656. The van der Waals surface area contributed by atoms with E-state index in [1.807, 2.05) is 29.2 Å². The molecule has 3 rings (SSSR count). The van der Waals surface area contributed by atoms with Crippen molar-refractivity contribution in [3.63, 3.8) is 0 Å². The van der Waals surface area contributed by atoms with Crippen molar-refractivity contribution >= 4 is 17.7 Å². The second-order valence-corrected chi connectivity index (χ2v) is 7.33. The van der Waals surface area contributed by atoms with Gasteiger partial charge in [0, 0.05) is 31.4 Å². The van der Waals surface area contributed by atoms with Crippen molar-refractivity contribution in [3.05, 3.63) is 29.8 Å². The van der Waals surface area contributed by atoms with Crippen LogP contribution in [0, 0.1) is 0 Å². The zero-order valence-corrected chi connectivity index (χ0v) is 16.3. The summed E-state index contributed by atoms with van der Waals surface area (Å²) in [6.45, 7) is 7.48. The van der Waals surface area contributed by atoms with Gasteiger partial charge in [0.05, 0.1) is 6.54 Å². The fourth-order valence-corrected chi connectivity index (χ4v) is 3.87. The van der Waals surface area contributed by atoms with Crippen molar-refractivity contribution in [2.24, 2.45) is 10.7 Å². The van der Waals surface area contributed by atoms with Crippen LogP contribution >= 0.6 is 0 Å². The van der Waals surface area contributed by atoms with Crippen LogP contribution in [-0.2, 0) is 6.54 Å². The number of nitrogens with two attached hydrogens (primary N) is 1. The Kier molecular flexibility index (Phi) is 6.92. The molecule has 1 unspecified atom stereocenters. The van der Waals surface area contributed by atoms with Gasteiger partial charge in [-0.25, -0.2) is 9.79 Å². The maximum Gasteiger partial charge on any atom is 0.321 e. The molecule has 2 aliphatic heterocycles. The molecule has 2 aliphatic rings. The van der Waals surface area contributed by atoms with Gasteiger partial charge in [-0.3, -0.25) is 4.90 Å². The van der Waals surface area contributed by atoms with Gasteiger partial charge in [-0.2, -0.15) is 0 Å². The van der Waals surface area contributed by atoms with Crippen molar-refractivity contribution in [1.29, 1.82) is 0 Å². The Morgan fingerprint density at radius 2 is 2.07 bits per heavy atom. The average molecular weight is 373 g/mol. The van der Waals surface area contributed by atoms with Crippen LogP contribution in [0.25, 0.3) is 0 Å². The minimum absolute atomic E-state index is 0.0219. The summed E-state index contributed by atoms with van der Waals surface area (Å²) in [5.41, 5.74) is 7.86. The van der Waals surface area contributed by atoms with Gasteiger partial charge in [0.25, 0.3) is 0 Å². The molecule has 7 nitrogen and oxygen atoms in total. The van der Waals surface area contributed by atoms with Crippen LogP contribution in [0.3, 0.4) is 0 Å². The Morgan fingerprint density at radius 3 is 2.85 bits per heavy atom. The molecule has 0 radical (unpaired) electrons. The van der Waals surface area contributed by atoms with Gasteiger partial charge in [0.15, 0.2) is 5.96 Å². The predicted molar refractivity (Wildman–Crippen MR) is 110 cm³/mol. The number of amides is 2. The third kappa shape index (κ3) is 5.60. The molecule has 0 spiro atoms. The standard InChI is InChI=1S/C20H32N6O/c1-2-25-12-6-9-18(25)15-23-19(21)22-14-16-7-5-8-17(13-16)24-20(27)26-10-3-4-11-26/h5,7-8,13,18H,2-4,6,9-12,14-15H2,1H3,(H,24,27)(H3,21,22,23). The molecular weight excluding hydrogens is 340 g/mol. The summed E-state index contributed by atoms with van der Waals surface area (Å²) < 4.78 is 0. The number of anilines is 1. The fraction of sp³-hybridized carbons (Fsp3) is 0.600. The summed E-state index contributed by atoms with van der Waals surface area (Å²) in [4.78, 5) is 21.0. The van der Waals surface area contributed by atoms with Gasteiger partial charge in [-0.1, -0.05) is 19.1 Å². The van der Waals surface area contributed by atoms with Gasteiger partial charge in [-0.05, 0) is 56.5 Å². The largest absolute Gasteiger partial charge is 0.370 e. The van der Waals surface area contributed by atoms with E-state index in [-0.39, 0.29) is 6.03 Å². The van der Waals surface area contributed by atoms with Gasteiger partial charge >= 0.3 is 6.03 Å². The van der Waals surface area contributed by atoms with Crippen molar-refractivity contribution in [2.75, 3.05) is 38.0 Å². The highest BCUT2D eigenvalue weighted by Gasteiger charge is 2.22. The van der Waals surface area contributed by atoms with Gasteiger partial charge in [0.2, 0.25) is 0 Å². The number of nitrogens with zero attached hydrogens (tertiary/aromatic N) is 3. The number of urea groups is 1. The Hall–Kier alpha value is -2.28. The SMILES string of the molecule is CCN1CCCC1CNC(N)=NCc1cccc(NC(=O)N2CCCC2)c1. The first-order chi connectivity index (χ1) is 13.2. The van der Waals surface area contributed by atoms with Crippen LogP contribution < -0.4 is 16.4 Å². The number of carbonyl (C=O) groups excluding carboxylic acids is 1. The first kappa shape index (κ1) is 19.5. The van der Waals surface area contributed by atoms with E-state index in [4.69, 9.17) is 5.73 Å². The summed E-state index contributed by atoms with van der Waals surface area (Å²) in [5, 5.41) is 6.22. The molecule has 2 saturated heterocycles. The number of nitrogens with one attached hydrogen (secondary N) is 2. The van der Waals surface area contributed by atoms with E-state index in [0.717, 1.165) is 50.3 Å². The first-order valence-electron chi connectivity index (χ1n) is 10.1. The minimum atomic E-state index is -0.0219. The second-order valence-electron chi connectivity index (χ2n) is 7.33. The number of guanidine groups is 1. The van der Waals surface area contributed by atoms with Crippen molar-refractivity contribution in [3.8, 4) is 0 Å². The van der Waals surface area contributed by atoms with Crippen LogP contribution in [0.1, 0.15) is 38.2 Å². The molecule has 4 N–H and O–H groups in total. The van der Waals surface area contributed by atoms with E-state index in [2.05, 4.69) is 27.4 Å². The minimum Gasteiger partial charge on any atom is -0.370 e. The maximum absolute atomic E-state index is 12.2. The molecule has 27 heavy (non-hydrogen) atoms. The summed E-state index contributed by atoms with van der Waals surface area (Å²) in [6, 6.07) is 8.33. The molecule has 2 amide bonds. The number of hydrogen-bond donors (Lipinski definition) is 3. The lowest BCUT2D eigenvalue weighted by Crippen LogP contribution is -2.42. The highest BCUT2D eigenvalue weighted by atomic mass is 16.2. The number of rotatable bonds is 6. The number of aliphatic imine (C=N–C) groups is 1. The zero-order chi connectivity index (χ0) is 19.1. The molecular formula is C20H32N6O. The van der Waals surface area contributed by atoms with Gasteiger partial charge in [-0.15, -0.1) is 0 Å². The van der Waals surface area contributed by atoms with Gasteiger partial charge in [0.1, 0.15) is 0 Å². The molecule has 0 aliphatic carbocycles. The molecule has 1 atom stereocenters. The van der Waals surface area contributed by atoms with Crippen LogP contribution in [-0.4, -0.2) is 60.6 Å². The van der Waals surface area contributed by atoms with Crippen molar-refractivity contribution in [2.45, 2.75) is 45.2 Å². The zero-order valence-electron chi connectivity index (χ0n) is 16.3. The van der Waals surface area contributed by atoms with E-state index >= 15 is 0 Å². The summed E-state index contributed by atoms with van der Waals surface area (Å²) >= 11 is 0. The van der Waals surface area contributed by atoms with E-state index in [0.29, 0.717) is 18.5 Å². The lowest BCUT2D eigenvalue weighted by atomic mass is 10.2. The molecule has 148 valence electrons. The molecule has 2 heterocycles. The molecule has 0 aromatic heterocycles. The summed E-state index contributed by atoms with van der Waals surface area (Å²) in [7, 11) is 0.